The molecule has 4 aromatic rings. The maximum atomic E-state index is 14.0. The monoisotopic (exact) mass is 509 g/mol. The molecule has 0 saturated carbocycles. The summed E-state index contributed by atoms with van der Waals surface area (Å²) in [5.41, 5.74) is 2.37. The quantitative estimate of drug-likeness (QED) is 0.258. The summed E-state index contributed by atoms with van der Waals surface area (Å²) in [6.45, 7) is 4.46. The lowest BCUT2D eigenvalue weighted by atomic mass is 10.0. The molecule has 0 saturated heterocycles. The maximum Gasteiger partial charge on any atom is 0.317 e. The van der Waals surface area contributed by atoms with Crippen LogP contribution in [0, 0.1) is 11.6 Å². The fourth-order valence-corrected chi connectivity index (χ4v) is 4.10. The van der Waals surface area contributed by atoms with Crippen LogP contribution in [0.4, 0.5) is 8.78 Å². The van der Waals surface area contributed by atoms with Crippen LogP contribution < -0.4 is 4.74 Å². The third kappa shape index (κ3) is 6.93. The summed E-state index contributed by atoms with van der Waals surface area (Å²) in [6, 6.07) is 17.2. The van der Waals surface area contributed by atoms with Crippen LogP contribution in [0.2, 0.25) is 0 Å². The second kappa shape index (κ2) is 11.1. The minimum atomic E-state index is -0.939. The van der Waals surface area contributed by atoms with Gasteiger partial charge in [-0.15, -0.1) is 0 Å². The number of nitrogens with zero attached hydrogens (tertiary/aromatic N) is 1. The minimum Gasteiger partial charge on any atom is -0.489 e. The van der Waals surface area contributed by atoms with Gasteiger partial charge in [-0.05, 0) is 61.2 Å². The van der Waals surface area contributed by atoms with Crippen LogP contribution in [0.3, 0.4) is 0 Å². The van der Waals surface area contributed by atoms with Crippen LogP contribution in [0.25, 0.3) is 22.1 Å². The number of carboxylic acid groups (broad SMARTS) is 1. The highest BCUT2D eigenvalue weighted by Crippen LogP contribution is 2.33. The van der Waals surface area contributed by atoms with Gasteiger partial charge in [0.05, 0.1) is 23.8 Å². The van der Waals surface area contributed by atoms with Gasteiger partial charge in [-0.2, -0.15) is 0 Å². The van der Waals surface area contributed by atoms with Crippen LogP contribution in [0.5, 0.6) is 5.75 Å². The van der Waals surface area contributed by atoms with E-state index in [4.69, 9.17) is 9.15 Å². The molecule has 0 bridgehead atoms. The Morgan fingerprint density at radius 3 is 2.49 bits per heavy atom. The van der Waals surface area contributed by atoms with E-state index in [9.17, 15) is 23.8 Å². The van der Waals surface area contributed by atoms with Gasteiger partial charge in [-0.3, -0.25) is 9.69 Å². The van der Waals surface area contributed by atoms with Crippen molar-refractivity contribution in [1.82, 2.24) is 4.90 Å². The van der Waals surface area contributed by atoms with Crippen molar-refractivity contribution in [2.24, 2.45) is 0 Å². The first-order chi connectivity index (χ1) is 17.6. The van der Waals surface area contributed by atoms with E-state index in [0.717, 1.165) is 17.2 Å². The summed E-state index contributed by atoms with van der Waals surface area (Å²) in [6.07, 6.45) is 1.78. The number of benzene rings is 3. The summed E-state index contributed by atoms with van der Waals surface area (Å²) < 4.78 is 39.3. The molecule has 0 aliphatic carbocycles. The van der Waals surface area contributed by atoms with Gasteiger partial charge >= 0.3 is 5.97 Å². The number of halogens is 2. The Morgan fingerprint density at radius 2 is 1.78 bits per heavy atom. The number of ether oxygens (including phenoxy) is 1. The van der Waals surface area contributed by atoms with Crippen molar-refractivity contribution in [3.8, 4) is 16.9 Å². The number of fused-ring (bicyclic) bond motifs is 1. The Morgan fingerprint density at radius 1 is 1.05 bits per heavy atom. The highest BCUT2D eigenvalue weighted by Gasteiger charge is 2.18. The zero-order chi connectivity index (χ0) is 26.6. The Labute approximate surface area is 213 Å². The zero-order valence-corrected chi connectivity index (χ0v) is 20.7. The van der Waals surface area contributed by atoms with E-state index < -0.39 is 23.2 Å². The predicted molar refractivity (Wildman–Crippen MR) is 136 cm³/mol. The van der Waals surface area contributed by atoms with Gasteiger partial charge < -0.3 is 19.4 Å². The summed E-state index contributed by atoms with van der Waals surface area (Å²) in [5, 5.41) is 19.3. The summed E-state index contributed by atoms with van der Waals surface area (Å²) >= 11 is 0. The molecular formula is C29H29F2NO5. The molecule has 3 aromatic carbocycles. The highest BCUT2D eigenvalue weighted by molar-refractivity contribution is 5.93. The average molecular weight is 510 g/mol. The van der Waals surface area contributed by atoms with E-state index in [1.54, 1.807) is 43.0 Å². The third-order valence-corrected chi connectivity index (χ3v) is 5.99. The predicted octanol–water partition coefficient (Wildman–Crippen LogP) is 6.00. The molecule has 4 rings (SSSR count). The number of aliphatic carboxylic acids is 1. The largest absolute Gasteiger partial charge is 0.489 e. The van der Waals surface area contributed by atoms with Gasteiger partial charge in [-0.1, -0.05) is 36.4 Å². The van der Waals surface area contributed by atoms with Gasteiger partial charge in [-0.25, -0.2) is 8.78 Å². The van der Waals surface area contributed by atoms with E-state index in [1.165, 1.54) is 12.3 Å². The van der Waals surface area contributed by atoms with Crippen molar-refractivity contribution in [2.75, 3.05) is 13.1 Å². The Balaban J connectivity index is 1.41. The lowest BCUT2D eigenvalue weighted by Crippen LogP contribution is -2.34. The first-order valence-corrected chi connectivity index (χ1v) is 11.9. The fraction of sp³-hybridized carbons (Fsp3) is 0.276. The van der Waals surface area contributed by atoms with Crippen LogP contribution in [-0.2, 0) is 17.9 Å². The number of rotatable bonds is 11. The lowest BCUT2D eigenvalue weighted by molar-refractivity contribution is -0.138. The fourth-order valence-electron chi connectivity index (χ4n) is 4.10. The molecule has 2 N–H and O–H groups in total. The van der Waals surface area contributed by atoms with E-state index in [0.29, 0.717) is 43.0 Å². The van der Waals surface area contributed by atoms with Crippen LogP contribution in [-0.4, -0.2) is 39.8 Å². The standard InChI is InChI=1S/C29H29F2NO5/c1-29(2,35)11-12-32(17-26(33)34)16-19-4-3-5-20(14-19)18-37-22-8-6-21(7-9-22)24-15-25(30)27(31)23-10-13-36-28(23)24/h3-10,13-15,35H,11-12,16-18H2,1-2H3,(H,33,34). The van der Waals surface area contributed by atoms with Crippen molar-refractivity contribution in [3.63, 3.8) is 0 Å². The molecule has 8 heteroatoms. The molecule has 6 nitrogen and oxygen atoms in total. The van der Waals surface area contributed by atoms with Crippen molar-refractivity contribution < 1.29 is 32.9 Å². The second-order valence-corrected chi connectivity index (χ2v) is 9.68. The summed E-state index contributed by atoms with van der Waals surface area (Å²) in [7, 11) is 0. The van der Waals surface area contributed by atoms with Gasteiger partial charge in [0.15, 0.2) is 11.6 Å². The second-order valence-electron chi connectivity index (χ2n) is 9.68. The molecule has 0 aliphatic heterocycles. The van der Waals surface area contributed by atoms with Gasteiger partial charge in [0.1, 0.15) is 17.9 Å². The van der Waals surface area contributed by atoms with Gasteiger partial charge in [0, 0.05) is 18.7 Å². The van der Waals surface area contributed by atoms with E-state index >= 15 is 0 Å². The van der Waals surface area contributed by atoms with Crippen molar-refractivity contribution in [1.29, 1.82) is 0 Å². The van der Waals surface area contributed by atoms with E-state index in [2.05, 4.69) is 0 Å². The lowest BCUT2D eigenvalue weighted by Gasteiger charge is -2.25. The van der Waals surface area contributed by atoms with Crippen molar-refractivity contribution >= 4 is 16.9 Å². The molecule has 0 unspecified atom stereocenters. The Kier molecular flexibility index (Phi) is 7.90. The Bertz CT molecular complexity index is 1380. The summed E-state index contributed by atoms with van der Waals surface area (Å²) in [5.74, 6) is -2.19. The van der Waals surface area contributed by atoms with Crippen LogP contribution >= 0.6 is 0 Å². The first-order valence-electron chi connectivity index (χ1n) is 11.9. The number of hydrogen-bond acceptors (Lipinski definition) is 5. The maximum absolute atomic E-state index is 14.0. The molecule has 1 aromatic heterocycles. The van der Waals surface area contributed by atoms with Crippen molar-refractivity contribution in [2.45, 2.75) is 39.0 Å². The third-order valence-electron chi connectivity index (χ3n) is 5.99. The molecular weight excluding hydrogens is 480 g/mol. The molecule has 0 amide bonds. The topological polar surface area (TPSA) is 83.1 Å². The van der Waals surface area contributed by atoms with Gasteiger partial charge in [0.25, 0.3) is 0 Å². The Hall–Kier alpha value is -3.75. The van der Waals surface area contributed by atoms with E-state index in [1.807, 2.05) is 24.3 Å². The van der Waals surface area contributed by atoms with Gasteiger partial charge in [0.2, 0.25) is 0 Å². The number of furan rings is 1. The number of aliphatic hydroxyl groups is 1. The first kappa shape index (κ1) is 26.3. The zero-order valence-electron chi connectivity index (χ0n) is 20.7. The average Bonchev–Trinajstić information content (AvgIpc) is 3.34. The molecule has 37 heavy (non-hydrogen) atoms. The molecule has 194 valence electrons. The summed E-state index contributed by atoms with van der Waals surface area (Å²) in [4.78, 5) is 13.1. The molecule has 0 radical (unpaired) electrons. The van der Waals surface area contributed by atoms with Crippen LogP contribution in [0.15, 0.2) is 71.3 Å². The number of carboxylic acids is 1. The number of carbonyl (C=O) groups is 1. The highest BCUT2D eigenvalue weighted by atomic mass is 19.2. The molecule has 0 fully saturated rings. The number of hydrogen-bond donors (Lipinski definition) is 2. The molecule has 0 atom stereocenters. The molecule has 0 spiro atoms. The van der Waals surface area contributed by atoms with Crippen LogP contribution in [0.1, 0.15) is 31.4 Å². The SMILES string of the molecule is CC(C)(O)CCN(CC(=O)O)Cc1cccc(COc2ccc(-c3cc(F)c(F)c4ccoc34)cc2)c1. The normalized spacial score (nSPS) is 11.8. The smallest absolute Gasteiger partial charge is 0.317 e. The minimum absolute atomic E-state index is 0.0946. The molecule has 1 heterocycles. The van der Waals surface area contributed by atoms with Crippen molar-refractivity contribution in [3.05, 3.63) is 89.7 Å². The molecule has 0 aliphatic rings. The van der Waals surface area contributed by atoms with E-state index in [-0.39, 0.29) is 17.5 Å².